The molecule has 0 N–H and O–H groups in total. The fraction of sp³-hybridized carbons (Fsp3) is 0.522. The Balaban J connectivity index is 2.37. The Morgan fingerprint density at radius 1 is 1.28 bits per heavy atom. The van der Waals surface area contributed by atoms with Crippen LogP contribution >= 0.6 is 0 Å². The predicted molar refractivity (Wildman–Crippen MR) is 112 cm³/mol. The summed E-state index contributed by atoms with van der Waals surface area (Å²) in [5.41, 5.74) is -0.123. The van der Waals surface area contributed by atoms with Crippen LogP contribution in [0.15, 0.2) is 36.9 Å². The summed E-state index contributed by atoms with van der Waals surface area (Å²) in [7, 11) is 0. The summed E-state index contributed by atoms with van der Waals surface area (Å²) in [4.78, 5) is 39.4. The van der Waals surface area contributed by atoms with Crippen molar-refractivity contribution in [3.63, 3.8) is 0 Å². The van der Waals surface area contributed by atoms with Crippen LogP contribution in [0.2, 0.25) is 0 Å². The van der Waals surface area contributed by atoms with Gasteiger partial charge in [0, 0.05) is 6.42 Å². The highest BCUT2D eigenvalue weighted by molar-refractivity contribution is 6.16. The van der Waals surface area contributed by atoms with Crippen molar-refractivity contribution in [1.82, 2.24) is 0 Å². The van der Waals surface area contributed by atoms with Crippen molar-refractivity contribution in [2.75, 3.05) is 11.5 Å². The molecule has 0 fully saturated rings. The summed E-state index contributed by atoms with van der Waals surface area (Å²) in [6, 6.07) is 7.36. The number of fused-ring (bicyclic) bond motifs is 1. The Morgan fingerprint density at radius 2 is 1.97 bits per heavy atom. The van der Waals surface area contributed by atoms with Gasteiger partial charge in [-0.15, -0.1) is 6.58 Å². The number of anilines is 1. The third-order valence-corrected chi connectivity index (χ3v) is 4.87. The normalized spacial score (nSPS) is 18.8. The lowest BCUT2D eigenvalue weighted by atomic mass is 9.71. The number of nitrogens with zero attached hydrogens (tertiary/aromatic N) is 1. The van der Waals surface area contributed by atoms with Crippen LogP contribution in [0.3, 0.4) is 0 Å². The number of rotatable bonds is 7. The second kappa shape index (κ2) is 9.25. The third kappa shape index (κ3) is 5.46. The predicted octanol–water partition coefficient (Wildman–Crippen LogP) is 4.81. The van der Waals surface area contributed by atoms with Crippen LogP contribution in [0.25, 0.3) is 0 Å². The number of hydrogen-bond donors (Lipinski definition) is 0. The largest absolute Gasteiger partial charge is 0.466 e. The number of ether oxygens (including phenoxy) is 2. The highest BCUT2D eigenvalue weighted by atomic mass is 16.6. The lowest BCUT2D eigenvalue weighted by molar-refractivity contribution is -0.143. The standard InChI is InChI=1S/C23H31NO5/c1-6-14-23(15-10-13-19(25)28-7-2)16-17-11-8-9-12-18(17)24(20(23)26)21(27)29-22(3,4)5/h6,8-9,11-12H,1,7,10,13-16H2,2-5H3/t23-/m0/s1. The van der Waals surface area contributed by atoms with Crippen LogP contribution in [0.1, 0.15) is 58.9 Å². The van der Waals surface area contributed by atoms with Crippen molar-refractivity contribution in [3.8, 4) is 0 Å². The molecule has 0 spiro atoms. The second-order valence-electron chi connectivity index (χ2n) is 8.36. The van der Waals surface area contributed by atoms with Gasteiger partial charge in [-0.25, -0.2) is 9.69 Å². The van der Waals surface area contributed by atoms with Crippen molar-refractivity contribution in [2.45, 2.75) is 65.4 Å². The summed E-state index contributed by atoms with van der Waals surface area (Å²) >= 11 is 0. The van der Waals surface area contributed by atoms with Crippen molar-refractivity contribution in [1.29, 1.82) is 0 Å². The number of para-hydroxylation sites is 1. The molecule has 0 unspecified atom stereocenters. The molecule has 6 heteroatoms. The average Bonchev–Trinajstić information content (AvgIpc) is 2.61. The summed E-state index contributed by atoms with van der Waals surface area (Å²) in [6.45, 7) is 11.2. The SMILES string of the molecule is C=CC[C@]1(CCCC(=O)OCC)Cc2ccccc2N(C(=O)OC(C)(C)C)C1=O. The molecule has 2 amide bonds. The monoisotopic (exact) mass is 401 g/mol. The van der Waals surface area contributed by atoms with Gasteiger partial charge in [0.15, 0.2) is 0 Å². The minimum absolute atomic E-state index is 0.230. The molecular weight excluding hydrogens is 370 g/mol. The second-order valence-corrected chi connectivity index (χ2v) is 8.36. The zero-order valence-corrected chi connectivity index (χ0v) is 17.8. The minimum Gasteiger partial charge on any atom is -0.466 e. The van der Waals surface area contributed by atoms with Crippen molar-refractivity contribution < 1.29 is 23.9 Å². The van der Waals surface area contributed by atoms with E-state index in [2.05, 4.69) is 6.58 Å². The van der Waals surface area contributed by atoms with E-state index in [0.29, 0.717) is 38.0 Å². The molecular formula is C23H31NO5. The number of amides is 2. The summed E-state index contributed by atoms with van der Waals surface area (Å²) in [5.74, 6) is -0.594. The van der Waals surface area contributed by atoms with Crippen LogP contribution in [-0.4, -0.2) is 30.2 Å². The Morgan fingerprint density at radius 3 is 2.59 bits per heavy atom. The number of imide groups is 1. The van der Waals surface area contributed by atoms with Gasteiger partial charge >= 0.3 is 12.1 Å². The first-order chi connectivity index (χ1) is 13.6. The molecule has 0 aromatic heterocycles. The van der Waals surface area contributed by atoms with Gasteiger partial charge in [0.2, 0.25) is 5.91 Å². The number of esters is 1. The van der Waals surface area contributed by atoms with E-state index in [-0.39, 0.29) is 18.3 Å². The molecule has 0 saturated heterocycles. The number of benzene rings is 1. The van der Waals surface area contributed by atoms with E-state index in [1.807, 2.05) is 12.1 Å². The first-order valence-corrected chi connectivity index (χ1v) is 10.1. The average molecular weight is 402 g/mol. The zero-order chi connectivity index (χ0) is 21.7. The Kier molecular flexibility index (Phi) is 7.22. The molecule has 1 atom stereocenters. The van der Waals surface area contributed by atoms with Crippen LogP contribution in [0.4, 0.5) is 10.5 Å². The van der Waals surface area contributed by atoms with Crippen molar-refractivity contribution >= 4 is 23.7 Å². The van der Waals surface area contributed by atoms with E-state index in [9.17, 15) is 14.4 Å². The van der Waals surface area contributed by atoms with E-state index < -0.39 is 17.1 Å². The highest BCUT2D eigenvalue weighted by Gasteiger charge is 2.48. The molecule has 1 aromatic rings. The molecule has 0 radical (unpaired) electrons. The molecule has 1 aromatic carbocycles. The van der Waals surface area contributed by atoms with E-state index in [1.54, 1.807) is 45.9 Å². The fourth-order valence-electron chi connectivity index (χ4n) is 3.69. The lowest BCUT2D eigenvalue weighted by Crippen LogP contribution is -2.53. The molecule has 1 heterocycles. The van der Waals surface area contributed by atoms with Crippen LogP contribution in [-0.2, 0) is 25.5 Å². The molecule has 6 nitrogen and oxygen atoms in total. The maximum Gasteiger partial charge on any atom is 0.421 e. The maximum absolute atomic E-state index is 13.6. The van der Waals surface area contributed by atoms with E-state index in [4.69, 9.17) is 9.47 Å². The number of carbonyl (C=O) groups is 3. The minimum atomic E-state index is -0.848. The molecule has 29 heavy (non-hydrogen) atoms. The molecule has 0 aliphatic carbocycles. The van der Waals surface area contributed by atoms with Gasteiger partial charge in [0.05, 0.1) is 17.7 Å². The molecule has 0 saturated carbocycles. The van der Waals surface area contributed by atoms with Gasteiger partial charge in [-0.05, 0) is 65.0 Å². The first kappa shape index (κ1) is 22.7. The fourth-order valence-corrected chi connectivity index (χ4v) is 3.69. The van der Waals surface area contributed by atoms with Gasteiger partial charge in [0.25, 0.3) is 0 Å². The summed E-state index contributed by atoms with van der Waals surface area (Å²) < 4.78 is 10.5. The molecule has 1 aliphatic heterocycles. The van der Waals surface area contributed by atoms with Crippen LogP contribution in [0, 0.1) is 5.41 Å². The summed E-state index contributed by atoms with van der Waals surface area (Å²) in [6.07, 6.45) is 3.07. The van der Waals surface area contributed by atoms with E-state index in [1.165, 1.54) is 0 Å². The Labute approximate surface area is 172 Å². The van der Waals surface area contributed by atoms with Gasteiger partial charge in [-0.2, -0.15) is 0 Å². The molecule has 0 bridgehead atoms. The summed E-state index contributed by atoms with van der Waals surface area (Å²) in [5, 5.41) is 0. The van der Waals surface area contributed by atoms with Crippen molar-refractivity contribution in [2.24, 2.45) is 5.41 Å². The van der Waals surface area contributed by atoms with E-state index >= 15 is 0 Å². The van der Waals surface area contributed by atoms with Crippen LogP contribution in [0.5, 0.6) is 0 Å². The van der Waals surface area contributed by atoms with Gasteiger partial charge in [0.1, 0.15) is 5.60 Å². The van der Waals surface area contributed by atoms with E-state index in [0.717, 1.165) is 10.5 Å². The smallest absolute Gasteiger partial charge is 0.421 e. The highest BCUT2D eigenvalue weighted by Crippen LogP contribution is 2.44. The van der Waals surface area contributed by atoms with Gasteiger partial charge in [-0.3, -0.25) is 9.59 Å². The quantitative estimate of drug-likeness (QED) is 0.484. The number of hydrogen-bond acceptors (Lipinski definition) is 5. The van der Waals surface area contributed by atoms with Gasteiger partial charge < -0.3 is 9.47 Å². The molecule has 1 aliphatic rings. The molecule has 2 rings (SSSR count). The number of allylic oxidation sites excluding steroid dienone is 1. The van der Waals surface area contributed by atoms with Crippen molar-refractivity contribution in [3.05, 3.63) is 42.5 Å². The molecule has 158 valence electrons. The Bertz CT molecular complexity index is 780. The first-order valence-electron chi connectivity index (χ1n) is 10.1. The Hall–Kier alpha value is -2.63. The maximum atomic E-state index is 13.6. The lowest BCUT2D eigenvalue weighted by Gasteiger charge is -2.41. The topological polar surface area (TPSA) is 72.9 Å². The zero-order valence-electron chi connectivity index (χ0n) is 17.8. The number of carbonyl (C=O) groups excluding carboxylic acids is 3. The third-order valence-electron chi connectivity index (χ3n) is 4.87. The van der Waals surface area contributed by atoms with Crippen LogP contribution < -0.4 is 4.90 Å². The van der Waals surface area contributed by atoms with Gasteiger partial charge in [-0.1, -0.05) is 24.3 Å².